The summed E-state index contributed by atoms with van der Waals surface area (Å²) in [5.74, 6) is 0. The molecular weight excluding hydrogens is 405 g/mol. The van der Waals surface area contributed by atoms with Gasteiger partial charge in [0, 0.05) is 6.42 Å². The summed E-state index contributed by atoms with van der Waals surface area (Å²) in [5.41, 5.74) is 0. The Bertz CT molecular complexity index is 457. The molecule has 0 saturated carbocycles. The highest BCUT2D eigenvalue weighted by atomic mass is 31.2. The van der Waals surface area contributed by atoms with E-state index < -0.39 is 33.2 Å². The molecule has 0 rings (SSSR count). The van der Waals surface area contributed by atoms with Crippen LogP contribution in [-0.2, 0) is 13.6 Å². The summed E-state index contributed by atoms with van der Waals surface area (Å²) in [7, 11) is 1.66. The van der Waals surface area contributed by atoms with E-state index >= 15 is 0 Å². The molecule has 2 N–H and O–H groups in total. The van der Waals surface area contributed by atoms with Gasteiger partial charge in [0.05, 0.1) is 34.4 Å². The van der Waals surface area contributed by atoms with Crippen LogP contribution < -0.4 is 4.89 Å². The normalized spacial score (nSPS) is 17.5. The molecule has 0 bridgehead atoms. The van der Waals surface area contributed by atoms with Crippen LogP contribution in [0, 0.1) is 0 Å². The molecule has 0 aliphatic heterocycles. The molecule has 0 aromatic carbocycles. The fourth-order valence-corrected chi connectivity index (χ4v) is 4.71. The molecule has 0 spiro atoms. The van der Waals surface area contributed by atoms with Crippen molar-refractivity contribution in [2.24, 2.45) is 0 Å². The monoisotopic (exact) mass is 453 g/mol. The highest BCUT2D eigenvalue weighted by Crippen LogP contribution is 2.43. The van der Waals surface area contributed by atoms with Crippen molar-refractivity contribution >= 4 is 7.82 Å². The van der Waals surface area contributed by atoms with Crippen LogP contribution in [0.5, 0.6) is 0 Å². The average Bonchev–Trinajstić information content (AvgIpc) is 2.67. The van der Waals surface area contributed by atoms with E-state index in [1.807, 2.05) is 0 Å². The number of unbranched alkanes of at least 4 members (excludes halogenated alkanes) is 8. The summed E-state index contributed by atoms with van der Waals surface area (Å²) in [6.45, 7) is 3.31. The molecule has 0 heterocycles. The van der Waals surface area contributed by atoms with Gasteiger partial charge >= 0.3 is 0 Å². The zero-order valence-electron chi connectivity index (χ0n) is 20.1. The Morgan fingerprint density at radius 1 is 0.900 bits per heavy atom. The first-order chi connectivity index (χ1) is 14.1. The Morgan fingerprint density at radius 3 is 1.87 bits per heavy atom. The summed E-state index contributed by atoms with van der Waals surface area (Å²) < 4.78 is 23.5. The summed E-state index contributed by atoms with van der Waals surface area (Å²) >= 11 is 0. The molecule has 0 aliphatic rings. The maximum absolute atomic E-state index is 12.4. The third-order valence-electron chi connectivity index (χ3n) is 5.52. The SMILES string of the molecule is CCCCCCCC(OP(=O)([O-])OCC(O)CO)C(CCCCCCC)[N+](C)(C)C. The van der Waals surface area contributed by atoms with Crippen molar-refractivity contribution in [1.82, 2.24) is 0 Å². The van der Waals surface area contributed by atoms with Gasteiger partial charge in [-0.1, -0.05) is 71.6 Å². The topological polar surface area (TPSA) is 99.1 Å². The van der Waals surface area contributed by atoms with Gasteiger partial charge in [-0.05, 0) is 12.8 Å². The number of aliphatic hydroxyl groups excluding tert-OH is 2. The van der Waals surface area contributed by atoms with Crippen LogP contribution in [0.3, 0.4) is 0 Å². The predicted molar refractivity (Wildman–Crippen MR) is 120 cm³/mol. The third kappa shape index (κ3) is 14.9. The number of phosphoric ester groups is 1. The van der Waals surface area contributed by atoms with Gasteiger partial charge in [0.15, 0.2) is 0 Å². The quantitative estimate of drug-likeness (QED) is 0.164. The van der Waals surface area contributed by atoms with E-state index in [2.05, 4.69) is 35.0 Å². The van der Waals surface area contributed by atoms with Gasteiger partial charge in [0.2, 0.25) is 0 Å². The minimum Gasteiger partial charge on any atom is -0.756 e. The Hall–Kier alpha value is -0.0100. The molecule has 0 amide bonds. The Kier molecular flexibility index (Phi) is 16.6. The lowest BCUT2D eigenvalue weighted by Gasteiger charge is -2.41. The van der Waals surface area contributed by atoms with Crippen LogP contribution in [0.2, 0.25) is 0 Å². The highest BCUT2D eigenvalue weighted by molar-refractivity contribution is 7.45. The van der Waals surface area contributed by atoms with Crippen molar-refractivity contribution in [1.29, 1.82) is 0 Å². The van der Waals surface area contributed by atoms with E-state index in [0.29, 0.717) is 10.9 Å². The van der Waals surface area contributed by atoms with Crippen molar-refractivity contribution in [2.45, 2.75) is 109 Å². The molecule has 8 heteroatoms. The number of nitrogens with zero attached hydrogens (tertiary/aromatic N) is 1. The number of likely N-dealkylation sites (N-methyl/N-ethyl adjacent to an activating group) is 1. The zero-order chi connectivity index (χ0) is 23.0. The number of hydrogen-bond donors (Lipinski definition) is 2. The first-order valence-corrected chi connectivity index (χ1v) is 13.3. The molecule has 0 fully saturated rings. The summed E-state index contributed by atoms with van der Waals surface area (Å²) in [6.07, 6.45) is 11.1. The first kappa shape index (κ1) is 30.0. The fraction of sp³-hybridized carbons (Fsp3) is 1.00. The number of aliphatic hydroxyl groups is 2. The van der Waals surface area contributed by atoms with Crippen molar-refractivity contribution in [2.75, 3.05) is 34.4 Å². The molecule has 182 valence electrons. The second kappa shape index (κ2) is 16.6. The van der Waals surface area contributed by atoms with Gasteiger partial charge in [-0.2, -0.15) is 0 Å². The van der Waals surface area contributed by atoms with Gasteiger partial charge in [-0.15, -0.1) is 0 Å². The molecule has 0 aromatic rings. The first-order valence-electron chi connectivity index (χ1n) is 11.8. The third-order valence-corrected chi connectivity index (χ3v) is 6.51. The molecule has 0 radical (unpaired) electrons. The maximum atomic E-state index is 12.4. The largest absolute Gasteiger partial charge is 0.756 e. The van der Waals surface area contributed by atoms with Gasteiger partial charge in [0.1, 0.15) is 18.2 Å². The van der Waals surface area contributed by atoms with Crippen molar-refractivity contribution in [3.8, 4) is 0 Å². The van der Waals surface area contributed by atoms with Crippen LogP contribution in [-0.4, -0.2) is 67.3 Å². The molecule has 0 aliphatic carbocycles. The lowest BCUT2D eigenvalue weighted by Crippen LogP contribution is -2.52. The van der Waals surface area contributed by atoms with E-state index in [-0.39, 0.29) is 6.04 Å². The van der Waals surface area contributed by atoms with E-state index in [4.69, 9.17) is 14.2 Å². The predicted octanol–water partition coefficient (Wildman–Crippen LogP) is 4.01. The summed E-state index contributed by atoms with van der Waals surface area (Å²) in [5, 5.41) is 18.3. The van der Waals surface area contributed by atoms with Gasteiger partial charge < -0.3 is 28.6 Å². The summed E-state index contributed by atoms with van der Waals surface area (Å²) in [6, 6.07) is 0.0337. The summed E-state index contributed by atoms with van der Waals surface area (Å²) in [4.78, 5) is 12.4. The fourth-order valence-electron chi connectivity index (χ4n) is 3.72. The molecular formula is C22H48NO6P. The Morgan fingerprint density at radius 2 is 1.40 bits per heavy atom. The molecule has 0 saturated heterocycles. The second-order valence-corrected chi connectivity index (χ2v) is 10.7. The van der Waals surface area contributed by atoms with Crippen LogP contribution in [0.4, 0.5) is 0 Å². The van der Waals surface area contributed by atoms with Crippen LogP contribution in [0.1, 0.15) is 90.9 Å². The highest BCUT2D eigenvalue weighted by Gasteiger charge is 2.35. The molecule has 4 unspecified atom stereocenters. The molecule has 7 nitrogen and oxygen atoms in total. The van der Waals surface area contributed by atoms with Crippen LogP contribution in [0.15, 0.2) is 0 Å². The standard InChI is InChI=1S/C22H48NO6P/c1-6-8-10-12-14-16-21(23(3,4)5)22(17-15-13-11-9-7-2)29-30(26,27)28-19-20(25)18-24/h20-22,24-25H,6-19H2,1-5H3. The number of phosphoric acid groups is 1. The van der Waals surface area contributed by atoms with Crippen molar-refractivity contribution < 1.29 is 33.2 Å². The maximum Gasteiger partial charge on any atom is 0.268 e. The lowest BCUT2D eigenvalue weighted by atomic mass is 9.95. The van der Waals surface area contributed by atoms with E-state index in [1.54, 1.807) is 0 Å². The minimum absolute atomic E-state index is 0.0337. The molecule has 0 aromatic heterocycles. The second-order valence-electron chi connectivity index (χ2n) is 9.31. The number of rotatable bonds is 20. The van der Waals surface area contributed by atoms with Gasteiger partial charge in [-0.25, -0.2) is 0 Å². The minimum atomic E-state index is -4.58. The van der Waals surface area contributed by atoms with Crippen LogP contribution >= 0.6 is 7.82 Å². The molecule has 4 atom stereocenters. The van der Waals surface area contributed by atoms with Gasteiger partial charge in [0.25, 0.3) is 7.82 Å². The van der Waals surface area contributed by atoms with Crippen molar-refractivity contribution in [3.05, 3.63) is 0 Å². The van der Waals surface area contributed by atoms with E-state index in [9.17, 15) is 14.6 Å². The number of quaternary nitrogens is 1. The average molecular weight is 454 g/mol. The Balaban J connectivity index is 5.13. The van der Waals surface area contributed by atoms with Crippen molar-refractivity contribution in [3.63, 3.8) is 0 Å². The van der Waals surface area contributed by atoms with E-state index in [1.165, 1.54) is 25.7 Å². The zero-order valence-corrected chi connectivity index (χ0v) is 20.9. The van der Waals surface area contributed by atoms with Gasteiger partial charge in [-0.3, -0.25) is 4.57 Å². The number of hydrogen-bond acceptors (Lipinski definition) is 6. The lowest BCUT2D eigenvalue weighted by molar-refractivity contribution is -0.900. The van der Waals surface area contributed by atoms with Crippen LogP contribution in [0.25, 0.3) is 0 Å². The molecule has 30 heavy (non-hydrogen) atoms. The Labute approximate surface area is 185 Å². The smallest absolute Gasteiger partial charge is 0.268 e. The van der Waals surface area contributed by atoms with E-state index in [0.717, 1.165) is 44.9 Å².